The number of carbonyl (C=O) groups excluding carboxylic acids is 1. The van der Waals surface area contributed by atoms with E-state index in [2.05, 4.69) is 72.0 Å². The summed E-state index contributed by atoms with van der Waals surface area (Å²) in [4.78, 5) is 11.9. The second-order valence-electron chi connectivity index (χ2n) is 9.16. The normalized spacial score (nSPS) is 26.6. The van der Waals surface area contributed by atoms with E-state index in [4.69, 9.17) is 0 Å². The van der Waals surface area contributed by atoms with Gasteiger partial charge < -0.3 is 0 Å². The van der Waals surface area contributed by atoms with Crippen LogP contribution in [0.4, 0.5) is 4.53 Å². The minimum atomic E-state index is -4.24. The first-order chi connectivity index (χ1) is 12.3. The van der Waals surface area contributed by atoms with Gasteiger partial charge in [-0.05, 0) is 68.3 Å². The van der Waals surface area contributed by atoms with E-state index in [-0.39, 0.29) is 22.5 Å². The first-order valence-corrected chi connectivity index (χ1v) is 11.7. The molecule has 1 aromatic rings. The fourth-order valence-corrected chi connectivity index (χ4v) is 7.02. The summed E-state index contributed by atoms with van der Waals surface area (Å²) in [6.45, 7) is 10.5. The first-order valence-electron chi connectivity index (χ1n) is 9.08. The number of hydrogen-bond acceptors (Lipinski definition) is 4. The van der Waals surface area contributed by atoms with Crippen molar-refractivity contribution in [3.63, 3.8) is 0 Å². The van der Waals surface area contributed by atoms with Gasteiger partial charge in [-0.15, -0.1) is 0 Å². The first kappa shape index (κ1) is 22.7. The summed E-state index contributed by atoms with van der Waals surface area (Å²) >= 11 is 2.39. The summed E-state index contributed by atoms with van der Waals surface area (Å²) in [6, 6.07) is 8.53. The molecule has 0 amide bonds. The van der Waals surface area contributed by atoms with Crippen molar-refractivity contribution >= 4 is 38.5 Å². The minimum absolute atomic E-state index is 0.0608. The molecule has 2 aliphatic rings. The molecule has 1 aromatic carbocycles. The van der Waals surface area contributed by atoms with Gasteiger partial charge in [-0.3, -0.25) is 4.79 Å². The van der Waals surface area contributed by atoms with Gasteiger partial charge in [0.25, 0.3) is 10.1 Å². The summed E-state index contributed by atoms with van der Waals surface area (Å²) in [6.07, 6.45) is 1.77. The summed E-state index contributed by atoms with van der Waals surface area (Å²) in [5.41, 5.74) is 0.386. The van der Waals surface area contributed by atoms with Crippen molar-refractivity contribution in [2.75, 3.05) is 5.75 Å². The lowest BCUT2D eigenvalue weighted by molar-refractivity contribution is -0.128. The van der Waals surface area contributed by atoms with Crippen molar-refractivity contribution in [2.24, 2.45) is 16.7 Å². The van der Waals surface area contributed by atoms with Crippen LogP contribution in [0.3, 0.4) is 0 Å². The maximum Gasteiger partial charge on any atom is 0.298 e. The Labute approximate surface area is 175 Å². The predicted molar refractivity (Wildman–Crippen MR) is 112 cm³/mol. The Morgan fingerprint density at radius 2 is 1.85 bits per heavy atom. The number of rotatable bonds is 3. The van der Waals surface area contributed by atoms with Crippen LogP contribution in [0.15, 0.2) is 24.3 Å². The minimum Gasteiger partial charge on any atom is -0.299 e. The molecule has 2 aliphatic carbocycles. The molecule has 0 heterocycles. The van der Waals surface area contributed by atoms with Gasteiger partial charge in [0.05, 0.1) is 11.2 Å². The Bertz CT molecular complexity index is 814. The fourth-order valence-electron chi connectivity index (χ4n) is 4.50. The van der Waals surface area contributed by atoms with Crippen molar-refractivity contribution in [1.82, 2.24) is 0 Å². The van der Waals surface area contributed by atoms with Gasteiger partial charge >= 0.3 is 0 Å². The quantitative estimate of drug-likeness (QED) is 0.525. The molecule has 7 heteroatoms. The van der Waals surface area contributed by atoms with Crippen LogP contribution >= 0.6 is 22.6 Å². The van der Waals surface area contributed by atoms with Crippen molar-refractivity contribution in [3.8, 4) is 0 Å². The smallest absolute Gasteiger partial charge is 0.298 e. The summed E-state index contributed by atoms with van der Waals surface area (Å²) in [5.74, 6) is -0.372. The van der Waals surface area contributed by atoms with E-state index in [0.717, 1.165) is 6.42 Å². The molecule has 2 saturated carbocycles. The second kappa shape index (κ2) is 7.71. The van der Waals surface area contributed by atoms with E-state index >= 15 is 0 Å². The summed E-state index contributed by atoms with van der Waals surface area (Å²) in [7, 11) is -4.24. The van der Waals surface area contributed by atoms with Gasteiger partial charge in [-0.2, -0.15) is 8.42 Å². The monoisotopic (exact) mass is 510 g/mol. The number of ketones is 1. The Hall–Kier alpha value is -0.540. The third-order valence-electron chi connectivity index (χ3n) is 6.34. The van der Waals surface area contributed by atoms with Gasteiger partial charge in [0, 0.05) is 9.99 Å². The molecule has 0 saturated heterocycles. The van der Waals surface area contributed by atoms with Crippen molar-refractivity contribution in [1.29, 1.82) is 0 Å². The average molecular weight is 510 g/mol. The van der Waals surface area contributed by atoms with Crippen LogP contribution < -0.4 is 0 Å². The van der Waals surface area contributed by atoms with Crippen LogP contribution in [0.1, 0.15) is 59.4 Å². The largest absolute Gasteiger partial charge is 0.299 e. The molecule has 2 bridgehead atoms. The zero-order valence-electron chi connectivity index (χ0n) is 16.5. The predicted octanol–water partition coefficient (Wildman–Crippen LogP) is 5.20. The molecular formula is C20H28FIO4S. The molecule has 0 radical (unpaired) electrons. The Kier molecular flexibility index (Phi) is 6.49. The zero-order valence-corrected chi connectivity index (χ0v) is 19.5. The molecule has 2 atom stereocenters. The lowest BCUT2D eigenvalue weighted by Gasteiger charge is -2.35. The fraction of sp³-hybridized carbons (Fsp3) is 0.650. The van der Waals surface area contributed by atoms with Crippen LogP contribution in [0, 0.1) is 20.3 Å². The number of hydrogen-bond donors (Lipinski definition) is 0. The topological polar surface area (TPSA) is 60.4 Å². The molecule has 2 fully saturated rings. The van der Waals surface area contributed by atoms with Crippen molar-refractivity contribution in [2.45, 2.75) is 59.3 Å². The van der Waals surface area contributed by atoms with Gasteiger partial charge in [0.2, 0.25) is 0 Å². The molecule has 152 valence electrons. The summed E-state index contributed by atoms with van der Waals surface area (Å²) in [5, 5.41) is 0. The summed E-state index contributed by atoms with van der Waals surface area (Å²) < 4.78 is 38.7. The third-order valence-corrected chi connectivity index (χ3v) is 8.32. The number of carbonyl (C=O) groups is 1. The van der Waals surface area contributed by atoms with Gasteiger partial charge in [-0.25, -0.2) is 0 Å². The maximum absolute atomic E-state index is 11.9. The zero-order chi connectivity index (χ0) is 20.7. The van der Waals surface area contributed by atoms with Crippen LogP contribution in [-0.4, -0.2) is 20.0 Å². The van der Waals surface area contributed by atoms with Crippen molar-refractivity contribution in [3.05, 3.63) is 33.4 Å². The van der Waals surface area contributed by atoms with E-state index in [9.17, 15) is 17.7 Å². The third kappa shape index (κ3) is 4.40. The van der Waals surface area contributed by atoms with Crippen molar-refractivity contribution < 1.29 is 22.1 Å². The highest BCUT2D eigenvalue weighted by Gasteiger charge is 2.65. The SMILES string of the molecule is CC(C)(C)c1ccccc1I.CC1(C)C2CCC1(CS(=O)(=O)OF)C(=O)C2. The van der Waals surface area contributed by atoms with Crippen LogP contribution in [-0.2, 0) is 24.7 Å². The Morgan fingerprint density at radius 3 is 2.22 bits per heavy atom. The molecule has 27 heavy (non-hydrogen) atoms. The van der Waals surface area contributed by atoms with Gasteiger partial charge in [0.15, 0.2) is 0 Å². The molecule has 0 aliphatic heterocycles. The van der Waals surface area contributed by atoms with Crippen LogP contribution in [0.2, 0.25) is 0 Å². The lowest BCUT2D eigenvalue weighted by Crippen LogP contribution is -2.42. The Balaban J connectivity index is 0.000000208. The molecule has 3 rings (SSSR count). The molecule has 2 unspecified atom stereocenters. The highest BCUT2D eigenvalue weighted by atomic mass is 127. The number of halogens is 2. The lowest BCUT2D eigenvalue weighted by atomic mass is 9.70. The van der Waals surface area contributed by atoms with E-state index in [1.807, 2.05) is 13.8 Å². The van der Waals surface area contributed by atoms with E-state index in [1.54, 1.807) is 0 Å². The Morgan fingerprint density at radius 1 is 1.26 bits per heavy atom. The molecule has 4 nitrogen and oxygen atoms in total. The van der Waals surface area contributed by atoms with Crippen LogP contribution in [0.25, 0.3) is 0 Å². The molecule has 0 N–H and O–H groups in total. The van der Waals surface area contributed by atoms with E-state index in [0.29, 0.717) is 12.8 Å². The average Bonchev–Trinajstić information content (AvgIpc) is 2.88. The van der Waals surface area contributed by atoms with Gasteiger partial charge in [-0.1, -0.05) is 57.2 Å². The standard InChI is InChI=1S/C10H15FO4S.C10H13I/c1-9(2)7-3-4-10(9,8(12)5-7)6-16(13,14)15-11;1-10(2,3)8-6-4-5-7-9(8)11/h7H,3-6H2,1-2H3;4-7H,1-3H3. The highest BCUT2D eigenvalue weighted by molar-refractivity contribution is 14.1. The van der Waals surface area contributed by atoms with Crippen LogP contribution in [0.5, 0.6) is 0 Å². The maximum atomic E-state index is 11.9. The number of Topliss-reactive ketones (excluding diaryl/α,β-unsaturated/α-hetero) is 1. The molecule has 0 aromatic heterocycles. The van der Waals surface area contributed by atoms with E-state index in [1.165, 1.54) is 9.13 Å². The number of fused-ring (bicyclic) bond motifs is 2. The molecule has 0 spiro atoms. The molecular weight excluding hydrogens is 482 g/mol. The highest BCUT2D eigenvalue weighted by Crippen LogP contribution is 2.64. The van der Waals surface area contributed by atoms with Gasteiger partial charge in [0.1, 0.15) is 5.78 Å². The number of benzene rings is 1. The van der Waals surface area contributed by atoms with E-state index < -0.39 is 21.3 Å². The second-order valence-corrected chi connectivity index (χ2v) is 11.9.